The van der Waals surface area contributed by atoms with Gasteiger partial charge in [0.25, 0.3) is 0 Å². The second kappa shape index (κ2) is 11.3. The molecule has 0 aromatic heterocycles. The molecule has 0 aliphatic rings. The van der Waals surface area contributed by atoms with Gasteiger partial charge < -0.3 is 4.74 Å². The van der Waals surface area contributed by atoms with E-state index in [9.17, 15) is 5.26 Å². The topological polar surface area (TPSA) is 45.0 Å². The summed E-state index contributed by atoms with van der Waals surface area (Å²) in [7, 11) is 0. The van der Waals surface area contributed by atoms with E-state index in [0.29, 0.717) is 6.04 Å². The summed E-state index contributed by atoms with van der Waals surface area (Å²) in [5.41, 5.74) is -0.418. The largest absolute Gasteiger partial charge is 0.381 e. The van der Waals surface area contributed by atoms with Gasteiger partial charge in [0.15, 0.2) is 0 Å². The fourth-order valence-corrected chi connectivity index (χ4v) is 2.24. The summed E-state index contributed by atoms with van der Waals surface area (Å²) in [5.74, 6) is 0. The first-order valence-corrected chi connectivity index (χ1v) is 7.80. The number of rotatable bonds is 12. The SMILES string of the molecule is CCCCCCCOCCCC(C)(C#N)NC(C)C. The number of hydrogen-bond acceptors (Lipinski definition) is 3. The van der Waals surface area contributed by atoms with Crippen LogP contribution in [0.25, 0.3) is 0 Å². The highest BCUT2D eigenvalue weighted by Gasteiger charge is 2.23. The van der Waals surface area contributed by atoms with Crippen LogP contribution < -0.4 is 5.32 Å². The quantitative estimate of drug-likeness (QED) is 0.543. The van der Waals surface area contributed by atoms with Crippen molar-refractivity contribution in [2.45, 2.75) is 84.2 Å². The predicted octanol–water partition coefficient (Wildman–Crippen LogP) is 4.03. The van der Waals surface area contributed by atoms with Crippen molar-refractivity contribution < 1.29 is 4.74 Å². The van der Waals surface area contributed by atoms with Crippen LogP contribution in [0.15, 0.2) is 0 Å². The van der Waals surface area contributed by atoms with Gasteiger partial charge in [0.2, 0.25) is 0 Å². The summed E-state index contributed by atoms with van der Waals surface area (Å²) >= 11 is 0. The van der Waals surface area contributed by atoms with Crippen LogP contribution >= 0.6 is 0 Å². The molecule has 0 fully saturated rings. The Hall–Kier alpha value is -0.590. The Morgan fingerprint density at radius 2 is 1.74 bits per heavy atom. The van der Waals surface area contributed by atoms with Crippen molar-refractivity contribution in [1.29, 1.82) is 5.26 Å². The second-order valence-corrected chi connectivity index (χ2v) is 5.87. The third kappa shape index (κ3) is 11.0. The van der Waals surface area contributed by atoms with E-state index >= 15 is 0 Å². The lowest BCUT2D eigenvalue weighted by Gasteiger charge is -2.25. The Balaban J connectivity index is 3.49. The highest BCUT2D eigenvalue weighted by Crippen LogP contribution is 2.12. The van der Waals surface area contributed by atoms with Gasteiger partial charge in [0, 0.05) is 19.3 Å². The fraction of sp³-hybridized carbons (Fsp3) is 0.938. The molecule has 3 nitrogen and oxygen atoms in total. The van der Waals surface area contributed by atoms with E-state index in [4.69, 9.17) is 4.74 Å². The number of nitriles is 1. The zero-order chi connectivity index (χ0) is 14.6. The summed E-state index contributed by atoms with van der Waals surface area (Å²) in [4.78, 5) is 0. The summed E-state index contributed by atoms with van der Waals surface area (Å²) in [6.07, 6.45) is 8.18. The molecule has 0 aromatic carbocycles. The lowest BCUT2D eigenvalue weighted by atomic mass is 9.97. The minimum absolute atomic E-state index is 0.337. The molecule has 1 N–H and O–H groups in total. The summed E-state index contributed by atoms with van der Waals surface area (Å²) in [6, 6.07) is 2.71. The molecule has 0 heterocycles. The number of nitrogens with one attached hydrogen (secondary N) is 1. The van der Waals surface area contributed by atoms with Crippen molar-refractivity contribution in [3.05, 3.63) is 0 Å². The molecule has 19 heavy (non-hydrogen) atoms. The molecule has 0 amide bonds. The van der Waals surface area contributed by atoms with Crippen LogP contribution in [0.3, 0.4) is 0 Å². The number of unbranched alkanes of at least 4 members (excludes halogenated alkanes) is 4. The van der Waals surface area contributed by atoms with Gasteiger partial charge in [-0.05, 0) is 40.0 Å². The second-order valence-electron chi connectivity index (χ2n) is 5.87. The first-order chi connectivity index (χ1) is 9.04. The maximum absolute atomic E-state index is 9.20. The van der Waals surface area contributed by atoms with Gasteiger partial charge in [-0.2, -0.15) is 5.26 Å². The average molecular weight is 268 g/mol. The van der Waals surface area contributed by atoms with Crippen molar-refractivity contribution in [3.8, 4) is 6.07 Å². The van der Waals surface area contributed by atoms with Crippen molar-refractivity contribution in [2.24, 2.45) is 0 Å². The molecule has 0 rings (SSSR count). The molecule has 0 aliphatic carbocycles. The maximum Gasteiger partial charge on any atom is 0.104 e. The highest BCUT2D eigenvalue weighted by molar-refractivity contribution is 5.04. The molecule has 1 unspecified atom stereocenters. The average Bonchev–Trinajstić information content (AvgIpc) is 2.36. The minimum Gasteiger partial charge on any atom is -0.381 e. The van der Waals surface area contributed by atoms with Gasteiger partial charge in [-0.1, -0.05) is 32.6 Å². The Morgan fingerprint density at radius 1 is 1.11 bits per heavy atom. The number of ether oxygens (including phenoxy) is 1. The predicted molar refractivity (Wildman–Crippen MR) is 81.1 cm³/mol. The number of hydrogen-bond donors (Lipinski definition) is 1. The zero-order valence-corrected chi connectivity index (χ0v) is 13.3. The monoisotopic (exact) mass is 268 g/mol. The van der Waals surface area contributed by atoms with Crippen molar-refractivity contribution in [3.63, 3.8) is 0 Å². The van der Waals surface area contributed by atoms with Crippen LogP contribution in [0.1, 0.15) is 72.6 Å². The molecule has 3 heteroatoms. The van der Waals surface area contributed by atoms with E-state index in [0.717, 1.165) is 26.1 Å². The van der Waals surface area contributed by atoms with Crippen LogP contribution in [0.2, 0.25) is 0 Å². The first-order valence-electron chi connectivity index (χ1n) is 7.80. The Bertz CT molecular complexity index is 248. The normalized spacial score (nSPS) is 14.3. The van der Waals surface area contributed by atoms with E-state index in [1.165, 1.54) is 32.1 Å². The van der Waals surface area contributed by atoms with Crippen molar-refractivity contribution >= 4 is 0 Å². The van der Waals surface area contributed by atoms with Gasteiger partial charge in [0.05, 0.1) is 6.07 Å². The van der Waals surface area contributed by atoms with Gasteiger partial charge >= 0.3 is 0 Å². The Kier molecular flexibility index (Phi) is 10.9. The third-order valence-electron chi connectivity index (χ3n) is 3.21. The highest BCUT2D eigenvalue weighted by atomic mass is 16.5. The minimum atomic E-state index is -0.418. The van der Waals surface area contributed by atoms with Crippen molar-refractivity contribution in [2.75, 3.05) is 13.2 Å². The molecule has 0 aliphatic heterocycles. The van der Waals surface area contributed by atoms with Gasteiger partial charge in [-0.15, -0.1) is 0 Å². The molecule has 0 aromatic rings. The molecular weight excluding hydrogens is 236 g/mol. The maximum atomic E-state index is 9.20. The summed E-state index contributed by atoms with van der Waals surface area (Å²) in [6.45, 7) is 9.98. The number of nitrogens with zero attached hydrogens (tertiary/aromatic N) is 1. The Morgan fingerprint density at radius 3 is 2.32 bits per heavy atom. The molecule has 0 saturated heterocycles. The van der Waals surface area contributed by atoms with Crippen molar-refractivity contribution in [1.82, 2.24) is 5.32 Å². The third-order valence-corrected chi connectivity index (χ3v) is 3.21. The molecule has 1 atom stereocenters. The van der Waals surface area contributed by atoms with E-state index in [-0.39, 0.29) is 0 Å². The molecular formula is C16H32N2O. The van der Waals surface area contributed by atoms with Crippen LogP contribution in [0.5, 0.6) is 0 Å². The first kappa shape index (κ1) is 18.4. The Labute approximate surface area is 119 Å². The standard InChI is InChI=1S/C16H32N2O/c1-5-6-7-8-9-12-19-13-10-11-16(4,14-17)18-15(2)3/h15,18H,5-13H2,1-4H3. The smallest absolute Gasteiger partial charge is 0.104 e. The van der Waals surface area contributed by atoms with Gasteiger partial charge in [0.1, 0.15) is 5.54 Å². The lowest BCUT2D eigenvalue weighted by molar-refractivity contribution is 0.121. The van der Waals surface area contributed by atoms with Crippen LogP contribution in [-0.2, 0) is 4.74 Å². The van der Waals surface area contributed by atoms with Gasteiger partial charge in [-0.3, -0.25) is 5.32 Å². The fourth-order valence-electron chi connectivity index (χ4n) is 2.24. The zero-order valence-electron chi connectivity index (χ0n) is 13.3. The van der Waals surface area contributed by atoms with Gasteiger partial charge in [-0.25, -0.2) is 0 Å². The molecule has 0 saturated carbocycles. The van der Waals surface area contributed by atoms with Crippen LogP contribution in [0.4, 0.5) is 0 Å². The lowest BCUT2D eigenvalue weighted by Crippen LogP contribution is -2.45. The van der Waals surface area contributed by atoms with Crippen LogP contribution in [0, 0.1) is 11.3 Å². The van der Waals surface area contributed by atoms with E-state index < -0.39 is 5.54 Å². The summed E-state index contributed by atoms with van der Waals surface area (Å²) < 4.78 is 5.62. The molecule has 0 spiro atoms. The van der Waals surface area contributed by atoms with E-state index in [1.54, 1.807) is 0 Å². The molecule has 0 bridgehead atoms. The summed E-state index contributed by atoms with van der Waals surface area (Å²) in [5, 5.41) is 12.5. The van der Waals surface area contributed by atoms with E-state index in [1.807, 2.05) is 6.92 Å². The molecule has 112 valence electrons. The van der Waals surface area contributed by atoms with E-state index in [2.05, 4.69) is 32.2 Å². The molecule has 0 radical (unpaired) electrons. The van der Waals surface area contributed by atoms with Crippen LogP contribution in [-0.4, -0.2) is 24.8 Å².